The number of carbonyl (C=O) groups excluding carboxylic acids is 2. The number of methoxy groups -OCH3 is 1. The molecule has 0 unspecified atom stereocenters. The van der Waals surface area contributed by atoms with Crippen LogP contribution >= 0.6 is 0 Å². The molecule has 8 heteroatoms. The molecule has 1 aliphatic heterocycles. The smallest absolute Gasteiger partial charge is 0.295 e. The molecule has 1 fully saturated rings. The molecule has 0 aliphatic carbocycles. The fraction of sp³-hybridized carbons (Fsp3) is 0.364. The molecule has 1 aliphatic rings. The van der Waals surface area contributed by atoms with Gasteiger partial charge in [-0.15, -0.1) is 0 Å². The Labute approximate surface area is 175 Å². The lowest BCUT2D eigenvalue weighted by atomic mass is 9.95. The minimum atomic E-state index is -0.735. The first kappa shape index (κ1) is 21.4. The number of nitrogens with zero attached hydrogens (tertiary/aromatic N) is 4. The van der Waals surface area contributed by atoms with Crippen LogP contribution in [0.1, 0.15) is 28.7 Å². The number of hydrogen-bond donors (Lipinski definition) is 1. The predicted molar refractivity (Wildman–Crippen MR) is 112 cm³/mol. The summed E-state index contributed by atoms with van der Waals surface area (Å²) in [6.07, 6.45) is 1.48. The maximum Gasteiger partial charge on any atom is 0.295 e. The number of likely N-dealkylation sites (N-methyl/N-ethyl adjacent to an activating group) is 1. The van der Waals surface area contributed by atoms with Gasteiger partial charge >= 0.3 is 0 Å². The summed E-state index contributed by atoms with van der Waals surface area (Å²) in [7, 11) is 5.34. The van der Waals surface area contributed by atoms with Crippen molar-refractivity contribution in [3.05, 3.63) is 58.7 Å². The Morgan fingerprint density at radius 3 is 2.63 bits per heavy atom. The van der Waals surface area contributed by atoms with E-state index in [-0.39, 0.29) is 11.3 Å². The van der Waals surface area contributed by atoms with Crippen LogP contribution in [-0.4, -0.2) is 70.9 Å². The molecule has 1 amide bonds. The van der Waals surface area contributed by atoms with Crippen molar-refractivity contribution < 1.29 is 19.4 Å². The van der Waals surface area contributed by atoms with E-state index in [2.05, 4.69) is 9.97 Å². The van der Waals surface area contributed by atoms with Gasteiger partial charge in [0.2, 0.25) is 0 Å². The van der Waals surface area contributed by atoms with Crippen molar-refractivity contribution in [3.8, 4) is 5.75 Å². The van der Waals surface area contributed by atoms with Gasteiger partial charge in [0.15, 0.2) is 0 Å². The lowest BCUT2D eigenvalue weighted by Crippen LogP contribution is -2.35. The van der Waals surface area contributed by atoms with E-state index in [0.29, 0.717) is 41.5 Å². The molecule has 8 nitrogen and oxygen atoms in total. The highest BCUT2D eigenvalue weighted by molar-refractivity contribution is 6.46. The van der Waals surface area contributed by atoms with E-state index >= 15 is 0 Å². The summed E-state index contributed by atoms with van der Waals surface area (Å²) >= 11 is 0. The topological polar surface area (TPSA) is 95.9 Å². The van der Waals surface area contributed by atoms with Crippen LogP contribution in [0.2, 0.25) is 0 Å². The number of carbonyl (C=O) groups is 2. The van der Waals surface area contributed by atoms with Gasteiger partial charge in [-0.05, 0) is 45.6 Å². The van der Waals surface area contributed by atoms with E-state index in [4.69, 9.17) is 4.74 Å². The van der Waals surface area contributed by atoms with Crippen molar-refractivity contribution in [2.45, 2.75) is 19.9 Å². The van der Waals surface area contributed by atoms with Crippen LogP contribution < -0.4 is 4.74 Å². The third kappa shape index (κ3) is 4.04. The number of aliphatic hydroxyl groups is 1. The zero-order chi connectivity index (χ0) is 22.0. The number of hydrogen-bond acceptors (Lipinski definition) is 7. The van der Waals surface area contributed by atoms with E-state index in [1.165, 1.54) is 11.1 Å². The van der Waals surface area contributed by atoms with Crippen LogP contribution in [0.25, 0.3) is 5.76 Å². The largest absolute Gasteiger partial charge is 0.507 e. The summed E-state index contributed by atoms with van der Waals surface area (Å²) in [5.41, 5.74) is 1.57. The second kappa shape index (κ2) is 8.62. The van der Waals surface area contributed by atoms with E-state index in [1.807, 2.05) is 25.1 Å². The molecule has 1 saturated heterocycles. The van der Waals surface area contributed by atoms with Gasteiger partial charge in [0.05, 0.1) is 30.0 Å². The van der Waals surface area contributed by atoms with Crippen LogP contribution in [0.4, 0.5) is 0 Å². The Morgan fingerprint density at radius 2 is 2.00 bits per heavy atom. The zero-order valence-electron chi connectivity index (χ0n) is 17.8. The first-order valence-electron chi connectivity index (χ1n) is 9.62. The molecular formula is C22H26N4O4. The van der Waals surface area contributed by atoms with Crippen LogP contribution in [-0.2, 0) is 9.59 Å². The number of aryl methyl sites for hydroxylation is 2. The molecule has 0 radical (unpaired) electrons. The average molecular weight is 410 g/mol. The fourth-order valence-corrected chi connectivity index (χ4v) is 3.54. The normalized spacial score (nSPS) is 18.3. The molecule has 1 aromatic carbocycles. The van der Waals surface area contributed by atoms with Crippen LogP contribution in [0.3, 0.4) is 0 Å². The monoisotopic (exact) mass is 410 g/mol. The minimum Gasteiger partial charge on any atom is -0.507 e. The summed E-state index contributed by atoms with van der Waals surface area (Å²) in [5.74, 6) is -0.484. The standard InChI is InChI=1S/C22H26N4O4/c1-13-17(12-23-14(2)24-13)20(27)18-19(15-7-6-8-16(11-15)30-5)26(10-9-25(3)4)22(29)21(18)28/h6-8,11-12,19,27H,9-10H2,1-5H3/b20-18+/t19-/m0/s1. The van der Waals surface area contributed by atoms with E-state index in [1.54, 1.807) is 39.2 Å². The molecule has 2 aromatic rings. The highest BCUT2D eigenvalue weighted by atomic mass is 16.5. The average Bonchev–Trinajstić information content (AvgIpc) is 2.96. The fourth-order valence-electron chi connectivity index (χ4n) is 3.54. The second-order valence-corrected chi connectivity index (χ2v) is 7.49. The van der Waals surface area contributed by atoms with Gasteiger partial charge in [-0.1, -0.05) is 12.1 Å². The number of likely N-dealkylation sites (tertiary alicyclic amines) is 1. The third-order valence-electron chi connectivity index (χ3n) is 5.09. The van der Waals surface area contributed by atoms with Crippen molar-refractivity contribution in [2.24, 2.45) is 0 Å². The summed E-state index contributed by atoms with van der Waals surface area (Å²) < 4.78 is 5.32. The first-order valence-corrected chi connectivity index (χ1v) is 9.62. The van der Waals surface area contributed by atoms with Gasteiger partial charge in [-0.25, -0.2) is 9.97 Å². The molecule has 0 bridgehead atoms. The number of aliphatic hydroxyl groups excluding tert-OH is 1. The van der Waals surface area contributed by atoms with Crippen LogP contribution in [0.15, 0.2) is 36.0 Å². The number of rotatable bonds is 6. The van der Waals surface area contributed by atoms with E-state index in [0.717, 1.165) is 0 Å². The number of aromatic nitrogens is 2. The SMILES string of the molecule is COc1cccc([C@H]2/C(=C(\O)c3cnc(C)nc3C)C(=O)C(=O)N2CCN(C)C)c1. The van der Waals surface area contributed by atoms with Gasteiger partial charge in [0.25, 0.3) is 11.7 Å². The van der Waals surface area contributed by atoms with E-state index < -0.39 is 17.7 Å². The molecule has 1 atom stereocenters. The molecule has 3 rings (SSSR count). The molecule has 2 heterocycles. The number of ketones is 1. The second-order valence-electron chi connectivity index (χ2n) is 7.49. The summed E-state index contributed by atoms with van der Waals surface area (Å²) in [6, 6.07) is 6.42. The molecule has 158 valence electrons. The highest BCUT2D eigenvalue weighted by Gasteiger charge is 2.46. The summed E-state index contributed by atoms with van der Waals surface area (Å²) in [6.45, 7) is 4.37. The summed E-state index contributed by atoms with van der Waals surface area (Å²) in [5, 5.41) is 11.1. The molecule has 30 heavy (non-hydrogen) atoms. The molecular weight excluding hydrogens is 384 g/mol. The Bertz CT molecular complexity index is 1020. The first-order chi connectivity index (χ1) is 14.2. The predicted octanol–water partition coefficient (Wildman–Crippen LogP) is 2.09. The van der Waals surface area contributed by atoms with Gasteiger partial charge < -0.3 is 19.6 Å². The number of benzene rings is 1. The van der Waals surface area contributed by atoms with Crippen LogP contribution in [0, 0.1) is 13.8 Å². The van der Waals surface area contributed by atoms with Crippen molar-refractivity contribution in [3.63, 3.8) is 0 Å². The van der Waals surface area contributed by atoms with E-state index in [9.17, 15) is 14.7 Å². The highest BCUT2D eigenvalue weighted by Crippen LogP contribution is 2.40. The van der Waals surface area contributed by atoms with Gasteiger partial charge in [-0.3, -0.25) is 9.59 Å². The summed E-state index contributed by atoms with van der Waals surface area (Å²) in [4.78, 5) is 37.7. The number of Topliss-reactive ketones (excluding diaryl/α,β-unsaturated/α-hetero) is 1. The lowest BCUT2D eigenvalue weighted by Gasteiger charge is -2.26. The van der Waals surface area contributed by atoms with Gasteiger partial charge in [-0.2, -0.15) is 0 Å². The van der Waals surface area contributed by atoms with Crippen molar-refractivity contribution in [2.75, 3.05) is 34.3 Å². The Hall–Kier alpha value is -3.26. The van der Waals surface area contributed by atoms with Gasteiger partial charge in [0, 0.05) is 19.3 Å². The molecule has 1 N–H and O–H groups in total. The van der Waals surface area contributed by atoms with Gasteiger partial charge in [0.1, 0.15) is 17.3 Å². The maximum absolute atomic E-state index is 13.0. The third-order valence-corrected chi connectivity index (χ3v) is 5.09. The number of amides is 1. The Kier molecular flexibility index (Phi) is 6.17. The van der Waals surface area contributed by atoms with Crippen molar-refractivity contribution >= 4 is 17.4 Å². The lowest BCUT2D eigenvalue weighted by molar-refractivity contribution is -0.140. The van der Waals surface area contributed by atoms with Crippen molar-refractivity contribution in [1.29, 1.82) is 0 Å². The molecule has 0 spiro atoms. The number of ether oxygens (including phenoxy) is 1. The van der Waals surface area contributed by atoms with Crippen molar-refractivity contribution in [1.82, 2.24) is 19.8 Å². The zero-order valence-corrected chi connectivity index (χ0v) is 17.8. The quantitative estimate of drug-likeness (QED) is 0.442. The van der Waals surface area contributed by atoms with Crippen LogP contribution in [0.5, 0.6) is 5.75 Å². The molecule has 0 saturated carbocycles. The minimum absolute atomic E-state index is 0.0302. The Balaban J connectivity index is 2.19. The Morgan fingerprint density at radius 1 is 1.27 bits per heavy atom. The molecule has 1 aromatic heterocycles. The maximum atomic E-state index is 13.0.